The normalized spacial score (nSPS) is 27.6. The van der Waals surface area contributed by atoms with Gasteiger partial charge in [0.2, 0.25) is 11.8 Å². The summed E-state index contributed by atoms with van der Waals surface area (Å²) in [4.78, 5) is 37.1. The summed E-state index contributed by atoms with van der Waals surface area (Å²) in [5.74, 6) is -0.845. The molecular formula is C15H22N2O3. The predicted molar refractivity (Wildman–Crippen MR) is 74.8 cm³/mol. The van der Waals surface area contributed by atoms with Crippen LogP contribution < -0.4 is 5.32 Å². The van der Waals surface area contributed by atoms with Crippen molar-refractivity contribution in [3.8, 4) is 0 Å². The SMILES string of the molecule is CCC1(CC=C2CCCCC2)C(=O)NC(=O)N(C)C1=O. The van der Waals surface area contributed by atoms with Gasteiger partial charge in [0.05, 0.1) is 0 Å². The van der Waals surface area contributed by atoms with Crippen LogP contribution in [0.3, 0.4) is 0 Å². The fourth-order valence-electron chi connectivity index (χ4n) is 2.98. The molecule has 2 aliphatic rings. The average Bonchev–Trinajstić information content (AvgIpc) is 2.47. The van der Waals surface area contributed by atoms with Crippen molar-refractivity contribution < 1.29 is 14.4 Å². The molecule has 0 radical (unpaired) electrons. The van der Waals surface area contributed by atoms with Gasteiger partial charge in [-0.05, 0) is 38.5 Å². The first-order valence-electron chi connectivity index (χ1n) is 7.33. The molecule has 2 fully saturated rings. The second-order valence-corrected chi connectivity index (χ2v) is 5.69. The average molecular weight is 278 g/mol. The molecule has 0 bridgehead atoms. The molecule has 110 valence electrons. The number of hydrogen-bond donors (Lipinski definition) is 1. The van der Waals surface area contributed by atoms with Crippen LogP contribution in [0.2, 0.25) is 0 Å². The van der Waals surface area contributed by atoms with Crippen molar-refractivity contribution >= 4 is 17.8 Å². The highest BCUT2D eigenvalue weighted by Gasteiger charge is 2.50. The quantitative estimate of drug-likeness (QED) is 0.636. The van der Waals surface area contributed by atoms with Gasteiger partial charge in [0.15, 0.2) is 0 Å². The Labute approximate surface area is 119 Å². The molecule has 1 aliphatic heterocycles. The van der Waals surface area contributed by atoms with Crippen LogP contribution in [-0.2, 0) is 9.59 Å². The molecule has 2 rings (SSSR count). The van der Waals surface area contributed by atoms with Crippen LogP contribution in [0, 0.1) is 5.41 Å². The van der Waals surface area contributed by atoms with Gasteiger partial charge in [-0.1, -0.05) is 25.0 Å². The minimum atomic E-state index is -1.12. The maximum atomic E-state index is 12.4. The number of imide groups is 2. The Bertz CT molecular complexity index is 462. The smallest absolute Gasteiger partial charge is 0.277 e. The van der Waals surface area contributed by atoms with Crippen molar-refractivity contribution in [3.63, 3.8) is 0 Å². The molecule has 4 amide bonds. The van der Waals surface area contributed by atoms with E-state index in [4.69, 9.17) is 0 Å². The number of urea groups is 1. The molecule has 1 unspecified atom stereocenters. The molecule has 20 heavy (non-hydrogen) atoms. The monoisotopic (exact) mass is 278 g/mol. The molecule has 0 aromatic heterocycles. The number of nitrogens with one attached hydrogen (secondary N) is 1. The van der Waals surface area contributed by atoms with Crippen molar-refractivity contribution in [1.82, 2.24) is 10.2 Å². The zero-order valence-corrected chi connectivity index (χ0v) is 12.2. The Morgan fingerprint density at radius 3 is 2.45 bits per heavy atom. The third kappa shape index (κ3) is 2.49. The van der Waals surface area contributed by atoms with E-state index < -0.39 is 17.4 Å². The Morgan fingerprint density at radius 2 is 1.85 bits per heavy atom. The number of hydrogen-bond acceptors (Lipinski definition) is 3. The second-order valence-electron chi connectivity index (χ2n) is 5.69. The predicted octanol–water partition coefficient (Wildman–Crippen LogP) is 2.37. The Hall–Kier alpha value is -1.65. The van der Waals surface area contributed by atoms with Gasteiger partial charge in [-0.2, -0.15) is 0 Å². The number of amides is 4. The maximum Gasteiger partial charge on any atom is 0.330 e. The fourth-order valence-corrected chi connectivity index (χ4v) is 2.98. The standard InChI is InChI=1S/C15H22N2O3/c1-3-15(10-9-11-7-5-4-6-8-11)12(18)16-14(20)17(2)13(15)19/h9H,3-8,10H2,1-2H3,(H,16,18,20). The first kappa shape index (κ1) is 14.8. The Kier molecular flexibility index (Phi) is 4.26. The van der Waals surface area contributed by atoms with E-state index in [1.807, 2.05) is 13.0 Å². The molecule has 1 atom stereocenters. The topological polar surface area (TPSA) is 66.5 Å². The Morgan fingerprint density at radius 1 is 1.20 bits per heavy atom. The number of allylic oxidation sites excluding steroid dienone is 2. The van der Waals surface area contributed by atoms with E-state index in [-0.39, 0.29) is 5.91 Å². The molecule has 5 heteroatoms. The van der Waals surface area contributed by atoms with Gasteiger partial charge in [-0.3, -0.25) is 19.8 Å². The molecule has 0 spiro atoms. The zero-order valence-electron chi connectivity index (χ0n) is 12.2. The first-order chi connectivity index (χ1) is 9.51. The van der Waals surface area contributed by atoms with Crippen LogP contribution in [0.4, 0.5) is 4.79 Å². The summed E-state index contributed by atoms with van der Waals surface area (Å²) in [5, 5.41) is 2.29. The number of rotatable bonds is 3. The maximum absolute atomic E-state index is 12.4. The zero-order chi connectivity index (χ0) is 14.8. The summed E-state index contributed by atoms with van der Waals surface area (Å²) in [6.07, 6.45) is 8.58. The molecule has 1 N–H and O–H groups in total. The van der Waals surface area contributed by atoms with Crippen LogP contribution >= 0.6 is 0 Å². The number of carbonyl (C=O) groups is 3. The summed E-state index contributed by atoms with van der Waals surface area (Å²) >= 11 is 0. The first-order valence-corrected chi connectivity index (χ1v) is 7.33. The van der Waals surface area contributed by atoms with Crippen molar-refractivity contribution in [2.45, 2.75) is 51.9 Å². The van der Waals surface area contributed by atoms with E-state index in [0.29, 0.717) is 12.8 Å². The van der Waals surface area contributed by atoms with E-state index in [9.17, 15) is 14.4 Å². The number of carbonyl (C=O) groups excluding carboxylic acids is 3. The second kappa shape index (κ2) is 5.77. The molecule has 1 saturated heterocycles. The third-order valence-corrected chi connectivity index (χ3v) is 4.51. The van der Waals surface area contributed by atoms with Gasteiger partial charge >= 0.3 is 6.03 Å². The van der Waals surface area contributed by atoms with Crippen molar-refractivity contribution in [3.05, 3.63) is 11.6 Å². The molecule has 1 aliphatic carbocycles. The lowest BCUT2D eigenvalue weighted by Crippen LogP contribution is -2.62. The van der Waals surface area contributed by atoms with E-state index >= 15 is 0 Å². The number of nitrogens with zero attached hydrogens (tertiary/aromatic N) is 1. The number of barbiturate groups is 1. The lowest BCUT2D eigenvalue weighted by Gasteiger charge is -2.36. The van der Waals surface area contributed by atoms with E-state index in [1.165, 1.54) is 31.9 Å². The summed E-state index contributed by atoms with van der Waals surface area (Å²) in [5.41, 5.74) is 0.219. The summed E-state index contributed by atoms with van der Waals surface area (Å²) < 4.78 is 0. The minimum absolute atomic E-state index is 0.388. The Balaban J connectivity index is 2.21. The molecule has 5 nitrogen and oxygen atoms in total. The van der Waals surface area contributed by atoms with Gasteiger partial charge in [0.1, 0.15) is 5.41 Å². The van der Waals surface area contributed by atoms with E-state index in [0.717, 1.165) is 17.7 Å². The van der Waals surface area contributed by atoms with Crippen LogP contribution in [-0.4, -0.2) is 29.8 Å². The van der Waals surface area contributed by atoms with E-state index in [1.54, 1.807) is 0 Å². The highest BCUT2D eigenvalue weighted by Crippen LogP contribution is 2.34. The van der Waals surface area contributed by atoms with Crippen LogP contribution in [0.5, 0.6) is 0 Å². The van der Waals surface area contributed by atoms with Gasteiger partial charge in [0.25, 0.3) is 0 Å². The van der Waals surface area contributed by atoms with Crippen molar-refractivity contribution in [2.75, 3.05) is 7.05 Å². The van der Waals surface area contributed by atoms with Gasteiger partial charge in [-0.25, -0.2) is 4.79 Å². The van der Waals surface area contributed by atoms with Gasteiger partial charge in [-0.15, -0.1) is 0 Å². The van der Waals surface area contributed by atoms with Crippen molar-refractivity contribution in [2.24, 2.45) is 5.41 Å². The summed E-state index contributed by atoms with van der Waals surface area (Å²) in [7, 11) is 1.42. The van der Waals surface area contributed by atoms with Crippen LogP contribution in [0.25, 0.3) is 0 Å². The summed E-state index contributed by atoms with van der Waals surface area (Å²) in [6, 6.07) is -0.630. The largest absolute Gasteiger partial charge is 0.330 e. The molecular weight excluding hydrogens is 256 g/mol. The lowest BCUT2D eigenvalue weighted by molar-refractivity contribution is -0.150. The summed E-state index contributed by atoms with van der Waals surface area (Å²) in [6.45, 7) is 1.82. The third-order valence-electron chi connectivity index (χ3n) is 4.51. The van der Waals surface area contributed by atoms with Gasteiger partial charge < -0.3 is 0 Å². The van der Waals surface area contributed by atoms with Crippen LogP contribution in [0.15, 0.2) is 11.6 Å². The molecule has 0 aromatic carbocycles. The van der Waals surface area contributed by atoms with E-state index in [2.05, 4.69) is 5.32 Å². The van der Waals surface area contributed by atoms with Gasteiger partial charge in [0, 0.05) is 7.05 Å². The molecule has 1 heterocycles. The van der Waals surface area contributed by atoms with Crippen LogP contribution in [0.1, 0.15) is 51.9 Å². The highest BCUT2D eigenvalue weighted by atomic mass is 16.2. The lowest BCUT2D eigenvalue weighted by atomic mass is 9.77. The minimum Gasteiger partial charge on any atom is -0.277 e. The highest BCUT2D eigenvalue weighted by molar-refractivity contribution is 6.19. The fraction of sp³-hybridized carbons (Fsp3) is 0.667. The molecule has 0 aromatic rings. The molecule has 1 saturated carbocycles. The van der Waals surface area contributed by atoms with Crippen molar-refractivity contribution in [1.29, 1.82) is 0 Å².